The SMILES string of the molecule is CCCNC1CCCC(c2c(Cl)cnn2C)C1. The highest BCUT2D eigenvalue weighted by molar-refractivity contribution is 6.31. The van der Waals surface area contributed by atoms with Crippen molar-refractivity contribution >= 4 is 11.6 Å². The zero-order chi connectivity index (χ0) is 12.3. The second kappa shape index (κ2) is 5.87. The molecule has 4 heteroatoms. The summed E-state index contributed by atoms with van der Waals surface area (Å²) in [6, 6.07) is 0.652. The van der Waals surface area contributed by atoms with Gasteiger partial charge in [0, 0.05) is 19.0 Å². The Kier molecular flexibility index (Phi) is 4.46. The molecule has 2 atom stereocenters. The lowest BCUT2D eigenvalue weighted by Crippen LogP contribution is -2.34. The first-order valence-electron chi connectivity index (χ1n) is 6.63. The lowest BCUT2D eigenvalue weighted by Gasteiger charge is -2.30. The maximum atomic E-state index is 6.23. The van der Waals surface area contributed by atoms with Gasteiger partial charge in [-0.2, -0.15) is 5.10 Å². The number of nitrogens with zero attached hydrogens (tertiary/aromatic N) is 2. The van der Waals surface area contributed by atoms with Crippen LogP contribution in [0.4, 0.5) is 0 Å². The van der Waals surface area contributed by atoms with Crippen molar-refractivity contribution in [3.8, 4) is 0 Å². The molecule has 1 aromatic heterocycles. The van der Waals surface area contributed by atoms with Gasteiger partial charge in [0.25, 0.3) is 0 Å². The van der Waals surface area contributed by atoms with Crippen LogP contribution in [-0.2, 0) is 7.05 Å². The van der Waals surface area contributed by atoms with Gasteiger partial charge in [0.1, 0.15) is 0 Å². The zero-order valence-electron chi connectivity index (χ0n) is 10.7. The molecule has 1 heterocycles. The molecule has 0 bridgehead atoms. The van der Waals surface area contributed by atoms with Crippen molar-refractivity contribution in [3.63, 3.8) is 0 Å². The van der Waals surface area contributed by atoms with Crippen molar-refractivity contribution in [2.75, 3.05) is 6.54 Å². The van der Waals surface area contributed by atoms with Crippen molar-refractivity contribution in [1.82, 2.24) is 15.1 Å². The normalized spacial score (nSPS) is 25.1. The predicted octanol–water partition coefficient (Wildman–Crippen LogP) is 3.10. The van der Waals surface area contributed by atoms with E-state index in [2.05, 4.69) is 17.3 Å². The van der Waals surface area contributed by atoms with E-state index in [1.807, 2.05) is 11.7 Å². The van der Waals surface area contributed by atoms with Crippen LogP contribution in [0.3, 0.4) is 0 Å². The molecule has 1 aromatic rings. The Balaban J connectivity index is 2.02. The van der Waals surface area contributed by atoms with Crippen molar-refractivity contribution in [1.29, 1.82) is 0 Å². The van der Waals surface area contributed by atoms with Gasteiger partial charge in [-0.15, -0.1) is 0 Å². The van der Waals surface area contributed by atoms with Gasteiger partial charge < -0.3 is 5.32 Å². The number of rotatable bonds is 4. The van der Waals surface area contributed by atoms with Gasteiger partial charge in [-0.25, -0.2) is 0 Å². The first kappa shape index (κ1) is 12.9. The van der Waals surface area contributed by atoms with Gasteiger partial charge in [0.2, 0.25) is 0 Å². The van der Waals surface area contributed by atoms with Crippen LogP contribution in [0.2, 0.25) is 5.02 Å². The van der Waals surface area contributed by atoms with E-state index in [0.717, 1.165) is 11.6 Å². The molecular formula is C13H22ClN3. The van der Waals surface area contributed by atoms with Crippen LogP contribution >= 0.6 is 11.6 Å². The summed E-state index contributed by atoms with van der Waals surface area (Å²) < 4.78 is 1.94. The molecule has 1 aliphatic carbocycles. The first-order chi connectivity index (χ1) is 8.22. The van der Waals surface area contributed by atoms with E-state index >= 15 is 0 Å². The largest absolute Gasteiger partial charge is 0.314 e. The van der Waals surface area contributed by atoms with Gasteiger partial charge in [-0.1, -0.05) is 24.9 Å². The second-order valence-corrected chi connectivity index (χ2v) is 5.42. The Hall–Kier alpha value is -0.540. The number of aryl methyl sites for hydroxylation is 1. The number of nitrogens with one attached hydrogen (secondary N) is 1. The standard InChI is InChI=1S/C13H22ClN3/c1-3-7-15-11-6-4-5-10(8-11)13-12(14)9-16-17(13)2/h9-11,15H,3-8H2,1-2H3. The van der Waals surface area contributed by atoms with Crippen molar-refractivity contribution < 1.29 is 0 Å². The van der Waals surface area contributed by atoms with E-state index in [0.29, 0.717) is 12.0 Å². The molecule has 0 aromatic carbocycles. The van der Waals surface area contributed by atoms with E-state index in [9.17, 15) is 0 Å². The van der Waals surface area contributed by atoms with E-state index < -0.39 is 0 Å². The van der Waals surface area contributed by atoms with E-state index in [4.69, 9.17) is 11.6 Å². The summed E-state index contributed by atoms with van der Waals surface area (Å²) in [7, 11) is 1.99. The smallest absolute Gasteiger partial charge is 0.0820 e. The number of hydrogen-bond acceptors (Lipinski definition) is 2. The molecule has 0 radical (unpaired) electrons. The predicted molar refractivity (Wildman–Crippen MR) is 71.5 cm³/mol. The fraction of sp³-hybridized carbons (Fsp3) is 0.769. The number of hydrogen-bond donors (Lipinski definition) is 1. The Morgan fingerprint density at radius 2 is 2.35 bits per heavy atom. The molecule has 1 N–H and O–H groups in total. The van der Waals surface area contributed by atoms with Crippen LogP contribution in [0.5, 0.6) is 0 Å². The molecule has 0 spiro atoms. The fourth-order valence-electron chi connectivity index (χ4n) is 2.85. The van der Waals surface area contributed by atoms with Gasteiger partial charge in [0.05, 0.1) is 16.9 Å². The monoisotopic (exact) mass is 255 g/mol. The number of aromatic nitrogens is 2. The quantitative estimate of drug-likeness (QED) is 0.896. The third-order valence-corrected chi connectivity index (χ3v) is 3.97. The number of halogens is 1. The lowest BCUT2D eigenvalue weighted by molar-refractivity contribution is 0.331. The summed E-state index contributed by atoms with van der Waals surface area (Å²) in [4.78, 5) is 0. The van der Waals surface area contributed by atoms with E-state index in [1.165, 1.54) is 37.8 Å². The van der Waals surface area contributed by atoms with Gasteiger partial charge in [-0.05, 0) is 32.2 Å². The van der Waals surface area contributed by atoms with Crippen LogP contribution in [0.1, 0.15) is 50.6 Å². The van der Waals surface area contributed by atoms with Gasteiger partial charge in [0.15, 0.2) is 0 Å². The summed E-state index contributed by atoms with van der Waals surface area (Å²) in [5.41, 5.74) is 1.22. The molecule has 0 amide bonds. The van der Waals surface area contributed by atoms with Crippen LogP contribution in [-0.4, -0.2) is 22.4 Å². The van der Waals surface area contributed by atoms with Crippen LogP contribution in [0.25, 0.3) is 0 Å². The molecule has 1 fully saturated rings. The average molecular weight is 256 g/mol. The molecule has 2 unspecified atom stereocenters. The van der Waals surface area contributed by atoms with Crippen LogP contribution in [0, 0.1) is 0 Å². The molecule has 0 saturated heterocycles. The summed E-state index contributed by atoms with van der Waals surface area (Å²) in [5.74, 6) is 0.568. The van der Waals surface area contributed by atoms with Crippen LogP contribution < -0.4 is 5.32 Å². The molecule has 1 saturated carbocycles. The van der Waals surface area contributed by atoms with E-state index in [-0.39, 0.29) is 0 Å². The third-order valence-electron chi connectivity index (χ3n) is 3.68. The average Bonchev–Trinajstić information content (AvgIpc) is 2.67. The highest BCUT2D eigenvalue weighted by atomic mass is 35.5. The molecule has 0 aliphatic heterocycles. The topological polar surface area (TPSA) is 29.9 Å². The third kappa shape index (κ3) is 3.02. The first-order valence-corrected chi connectivity index (χ1v) is 7.01. The minimum atomic E-state index is 0.568. The van der Waals surface area contributed by atoms with Gasteiger partial charge >= 0.3 is 0 Å². The summed E-state index contributed by atoms with van der Waals surface area (Å²) in [6.07, 6.45) is 7.98. The molecule has 2 rings (SSSR count). The molecule has 1 aliphatic rings. The highest BCUT2D eigenvalue weighted by Gasteiger charge is 2.26. The van der Waals surface area contributed by atoms with Crippen molar-refractivity contribution in [2.45, 2.75) is 51.0 Å². The second-order valence-electron chi connectivity index (χ2n) is 5.02. The summed E-state index contributed by atoms with van der Waals surface area (Å²) in [6.45, 7) is 3.34. The zero-order valence-corrected chi connectivity index (χ0v) is 11.5. The minimum Gasteiger partial charge on any atom is -0.314 e. The lowest BCUT2D eigenvalue weighted by atomic mass is 9.83. The molecular weight excluding hydrogens is 234 g/mol. The van der Waals surface area contributed by atoms with Crippen molar-refractivity contribution in [2.24, 2.45) is 7.05 Å². The van der Waals surface area contributed by atoms with E-state index in [1.54, 1.807) is 6.20 Å². The van der Waals surface area contributed by atoms with Gasteiger partial charge in [-0.3, -0.25) is 4.68 Å². The Morgan fingerprint density at radius 1 is 1.53 bits per heavy atom. The fourth-order valence-corrected chi connectivity index (χ4v) is 3.17. The molecule has 17 heavy (non-hydrogen) atoms. The van der Waals surface area contributed by atoms with Crippen LogP contribution in [0.15, 0.2) is 6.20 Å². The van der Waals surface area contributed by atoms with Crippen molar-refractivity contribution in [3.05, 3.63) is 16.9 Å². The maximum absolute atomic E-state index is 6.23. The Bertz CT molecular complexity index is 342. The minimum absolute atomic E-state index is 0.568. The Morgan fingerprint density at radius 3 is 3.00 bits per heavy atom. The molecule has 3 nitrogen and oxygen atoms in total. The maximum Gasteiger partial charge on any atom is 0.0820 e. The summed E-state index contributed by atoms with van der Waals surface area (Å²) >= 11 is 6.23. The highest BCUT2D eigenvalue weighted by Crippen LogP contribution is 2.35. The summed E-state index contributed by atoms with van der Waals surface area (Å²) in [5, 5.41) is 8.70. The Labute approximate surface area is 109 Å². The molecule has 96 valence electrons.